The number of carbonyl (C=O) groups is 1. The van der Waals surface area contributed by atoms with E-state index < -0.39 is 0 Å². The van der Waals surface area contributed by atoms with E-state index in [-0.39, 0.29) is 18.1 Å². The van der Waals surface area contributed by atoms with Crippen molar-refractivity contribution in [3.05, 3.63) is 69.7 Å². The lowest BCUT2D eigenvalue weighted by Gasteiger charge is -2.38. The van der Waals surface area contributed by atoms with Crippen LogP contribution >= 0.6 is 23.2 Å². The lowest BCUT2D eigenvalue weighted by atomic mass is 10.1. The van der Waals surface area contributed by atoms with Crippen LogP contribution in [0.3, 0.4) is 0 Å². The van der Waals surface area contributed by atoms with Crippen molar-refractivity contribution >= 4 is 29.1 Å². The first-order valence-electron chi connectivity index (χ1n) is 9.11. The highest BCUT2D eigenvalue weighted by atomic mass is 35.5. The molecule has 0 radical (unpaired) electrons. The summed E-state index contributed by atoms with van der Waals surface area (Å²) < 4.78 is 5.90. The van der Waals surface area contributed by atoms with Crippen molar-refractivity contribution < 1.29 is 9.53 Å². The van der Waals surface area contributed by atoms with Gasteiger partial charge in [-0.2, -0.15) is 0 Å². The van der Waals surface area contributed by atoms with Crippen LogP contribution in [-0.4, -0.2) is 42.6 Å². The van der Waals surface area contributed by atoms with Crippen molar-refractivity contribution in [2.24, 2.45) is 0 Å². The van der Waals surface area contributed by atoms with Gasteiger partial charge < -0.3 is 10.1 Å². The molecule has 1 aliphatic rings. The van der Waals surface area contributed by atoms with Gasteiger partial charge in [-0.05, 0) is 36.2 Å². The molecule has 1 saturated heterocycles. The average molecular weight is 407 g/mol. The summed E-state index contributed by atoms with van der Waals surface area (Å²) in [5.41, 5.74) is 2.01. The van der Waals surface area contributed by atoms with Gasteiger partial charge in [-0.3, -0.25) is 9.69 Å². The van der Waals surface area contributed by atoms with E-state index in [0.29, 0.717) is 36.2 Å². The first-order valence-corrected chi connectivity index (χ1v) is 9.87. The summed E-state index contributed by atoms with van der Waals surface area (Å²) in [6, 6.07) is 15.5. The maximum Gasteiger partial charge on any atom is 0.224 e. The first-order chi connectivity index (χ1) is 13.0. The van der Waals surface area contributed by atoms with Crippen LogP contribution in [0, 0.1) is 0 Å². The fourth-order valence-corrected chi connectivity index (χ4v) is 3.55. The number of ether oxygens (including phenoxy) is 1. The second-order valence-electron chi connectivity index (χ2n) is 6.94. The molecule has 2 aromatic carbocycles. The van der Waals surface area contributed by atoms with Crippen molar-refractivity contribution in [1.29, 1.82) is 0 Å². The molecule has 0 aromatic heterocycles. The van der Waals surface area contributed by atoms with Crippen molar-refractivity contribution in [3.8, 4) is 0 Å². The highest BCUT2D eigenvalue weighted by Gasteiger charge is 2.27. The van der Waals surface area contributed by atoms with Crippen molar-refractivity contribution in [3.63, 3.8) is 0 Å². The summed E-state index contributed by atoms with van der Waals surface area (Å²) in [5, 5.41) is 4.38. The Hall–Kier alpha value is -1.59. The Morgan fingerprint density at radius 3 is 2.78 bits per heavy atom. The summed E-state index contributed by atoms with van der Waals surface area (Å²) in [6.07, 6.45) is 0.338. The number of carbonyl (C=O) groups excluding carboxylic acids is 1. The van der Waals surface area contributed by atoms with Crippen molar-refractivity contribution in [2.75, 3.05) is 19.7 Å². The number of hydrogen-bond donors (Lipinski definition) is 1. The fraction of sp³-hybridized carbons (Fsp3) is 0.381. The van der Waals surface area contributed by atoms with Crippen LogP contribution in [0.2, 0.25) is 10.0 Å². The number of halogens is 2. The largest absolute Gasteiger partial charge is 0.373 e. The summed E-state index contributed by atoms with van der Waals surface area (Å²) >= 11 is 12.4. The molecule has 0 saturated carbocycles. The Labute approximate surface area is 170 Å². The van der Waals surface area contributed by atoms with Gasteiger partial charge in [-0.15, -0.1) is 0 Å². The quantitative estimate of drug-likeness (QED) is 0.789. The summed E-state index contributed by atoms with van der Waals surface area (Å²) in [6.45, 7) is 4.69. The monoisotopic (exact) mass is 406 g/mol. The number of nitrogens with one attached hydrogen (secondary N) is 1. The third kappa shape index (κ3) is 5.94. The molecular formula is C21H24Cl2N2O2. The number of hydrogen-bond acceptors (Lipinski definition) is 3. The zero-order valence-electron chi connectivity index (χ0n) is 15.3. The summed E-state index contributed by atoms with van der Waals surface area (Å²) in [5.74, 6) is 0.00728. The SMILES string of the molecule is C[C@@H]1CO[C@@H](CNC(=O)Cc2ccccc2)CN1Cc1cc(Cl)ccc1Cl. The number of nitrogens with zero attached hydrogens (tertiary/aromatic N) is 1. The predicted molar refractivity (Wildman–Crippen MR) is 109 cm³/mol. The van der Waals surface area contributed by atoms with Crippen LogP contribution in [0.1, 0.15) is 18.1 Å². The minimum atomic E-state index is -0.0427. The van der Waals surface area contributed by atoms with E-state index in [2.05, 4.69) is 17.1 Å². The van der Waals surface area contributed by atoms with Gasteiger partial charge >= 0.3 is 0 Å². The molecule has 6 heteroatoms. The molecule has 144 valence electrons. The van der Waals surface area contributed by atoms with Gasteiger partial charge in [0.1, 0.15) is 0 Å². The molecule has 0 unspecified atom stereocenters. The van der Waals surface area contributed by atoms with Gasteiger partial charge in [0.15, 0.2) is 0 Å². The van der Waals surface area contributed by atoms with E-state index in [1.54, 1.807) is 6.07 Å². The third-order valence-electron chi connectivity index (χ3n) is 4.75. The number of morpholine rings is 1. The lowest BCUT2D eigenvalue weighted by Crippen LogP contribution is -2.51. The molecule has 1 heterocycles. The maximum atomic E-state index is 12.2. The minimum Gasteiger partial charge on any atom is -0.373 e. The van der Waals surface area contributed by atoms with Crippen LogP contribution in [-0.2, 0) is 22.5 Å². The minimum absolute atomic E-state index is 0.00728. The highest BCUT2D eigenvalue weighted by molar-refractivity contribution is 6.33. The molecule has 4 nitrogen and oxygen atoms in total. The van der Waals surface area contributed by atoms with E-state index in [1.807, 2.05) is 42.5 Å². The normalized spacial score (nSPS) is 20.4. The number of amides is 1. The fourth-order valence-electron chi connectivity index (χ4n) is 3.17. The number of benzene rings is 2. The van der Waals surface area contributed by atoms with Crippen LogP contribution in [0.25, 0.3) is 0 Å². The Morgan fingerprint density at radius 2 is 2.00 bits per heavy atom. The predicted octanol–water partition coefficient (Wildman–Crippen LogP) is 3.94. The summed E-state index contributed by atoms with van der Waals surface area (Å²) in [4.78, 5) is 14.5. The maximum absolute atomic E-state index is 12.2. The van der Waals surface area contributed by atoms with Gasteiger partial charge in [-0.1, -0.05) is 53.5 Å². The van der Waals surface area contributed by atoms with E-state index >= 15 is 0 Å². The van der Waals surface area contributed by atoms with E-state index in [9.17, 15) is 4.79 Å². The lowest BCUT2D eigenvalue weighted by molar-refractivity contribution is -0.122. The molecule has 1 N–H and O–H groups in total. The topological polar surface area (TPSA) is 41.6 Å². The molecule has 2 atom stereocenters. The van der Waals surface area contributed by atoms with Gasteiger partial charge in [0.25, 0.3) is 0 Å². The second kappa shape index (κ2) is 9.56. The Morgan fingerprint density at radius 1 is 1.22 bits per heavy atom. The molecule has 0 bridgehead atoms. The molecule has 1 aliphatic heterocycles. The summed E-state index contributed by atoms with van der Waals surface area (Å²) in [7, 11) is 0. The van der Waals surface area contributed by atoms with E-state index in [0.717, 1.165) is 17.7 Å². The van der Waals surface area contributed by atoms with Crippen LogP contribution in [0.15, 0.2) is 48.5 Å². The molecule has 1 fully saturated rings. The third-order valence-corrected chi connectivity index (χ3v) is 5.35. The molecule has 1 amide bonds. The number of rotatable bonds is 6. The van der Waals surface area contributed by atoms with Gasteiger partial charge in [0.05, 0.1) is 19.1 Å². The molecule has 3 rings (SSSR count). The zero-order chi connectivity index (χ0) is 19.2. The molecule has 2 aromatic rings. The van der Waals surface area contributed by atoms with Gasteiger partial charge in [0.2, 0.25) is 5.91 Å². The Bertz CT molecular complexity index is 770. The Kier molecular flexibility index (Phi) is 7.13. The van der Waals surface area contributed by atoms with E-state index in [4.69, 9.17) is 27.9 Å². The van der Waals surface area contributed by atoms with E-state index in [1.165, 1.54) is 0 Å². The zero-order valence-corrected chi connectivity index (χ0v) is 16.8. The smallest absolute Gasteiger partial charge is 0.224 e. The van der Waals surface area contributed by atoms with Gasteiger partial charge in [-0.25, -0.2) is 0 Å². The highest BCUT2D eigenvalue weighted by Crippen LogP contribution is 2.24. The van der Waals surface area contributed by atoms with Crippen molar-refractivity contribution in [2.45, 2.75) is 32.0 Å². The molecule has 0 aliphatic carbocycles. The Balaban J connectivity index is 1.52. The van der Waals surface area contributed by atoms with Crippen LogP contribution in [0.5, 0.6) is 0 Å². The molecular weight excluding hydrogens is 383 g/mol. The second-order valence-corrected chi connectivity index (χ2v) is 7.78. The van der Waals surface area contributed by atoms with Gasteiger partial charge in [0, 0.05) is 35.7 Å². The van der Waals surface area contributed by atoms with Crippen LogP contribution < -0.4 is 5.32 Å². The van der Waals surface area contributed by atoms with Crippen LogP contribution in [0.4, 0.5) is 0 Å². The van der Waals surface area contributed by atoms with Crippen molar-refractivity contribution in [1.82, 2.24) is 10.2 Å². The first kappa shape index (κ1) is 20.2. The molecule has 27 heavy (non-hydrogen) atoms. The standard InChI is InChI=1S/C21H24Cl2N2O2/c1-15-14-27-19(11-24-21(26)9-16-5-3-2-4-6-16)13-25(15)12-17-10-18(22)7-8-20(17)23/h2-8,10,15,19H,9,11-14H2,1H3,(H,24,26)/t15-,19+/m1/s1. The molecule has 0 spiro atoms. The average Bonchev–Trinajstić information content (AvgIpc) is 2.66.